The van der Waals surface area contributed by atoms with Crippen molar-refractivity contribution < 1.29 is 21.6 Å². The number of halogens is 3. The monoisotopic (exact) mass is 398 g/mol. The van der Waals surface area contributed by atoms with Crippen LogP contribution in [0.3, 0.4) is 0 Å². The molecule has 8 heteroatoms. The standard InChI is InChI=1S/C19H21F3N2O2S/c1-2-27(25,26)18-8-6-16(7-9-18)23-10-12-24(13-11-23)17-5-3-4-15(14-17)19(20,21)22/h3-9,14H,2,10-13H2,1H3. The van der Waals surface area contributed by atoms with E-state index in [1.54, 1.807) is 37.3 Å². The lowest BCUT2D eigenvalue weighted by Gasteiger charge is -2.37. The molecule has 3 rings (SSSR count). The van der Waals surface area contributed by atoms with E-state index in [0.717, 1.165) is 11.8 Å². The van der Waals surface area contributed by atoms with E-state index in [9.17, 15) is 21.6 Å². The molecule has 0 aromatic heterocycles. The average molecular weight is 398 g/mol. The van der Waals surface area contributed by atoms with Crippen molar-refractivity contribution in [3.63, 3.8) is 0 Å². The molecule has 0 aliphatic carbocycles. The fraction of sp³-hybridized carbons (Fsp3) is 0.368. The van der Waals surface area contributed by atoms with E-state index in [2.05, 4.69) is 4.90 Å². The van der Waals surface area contributed by atoms with Crippen LogP contribution in [0, 0.1) is 0 Å². The molecule has 0 amide bonds. The summed E-state index contributed by atoms with van der Waals surface area (Å²) in [4.78, 5) is 4.34. The highest BCUT2D eigenvalue weighted by Crippen LogP contribution is 2.32. The maximum atomic E-state index is 12.9. The molecule has 1 aliphatic heterocycles. The Morgan fingerprint density at radius 1 is 0.889 bits per heavy atom. The van der Waals surface area contributed by atoms with Crippen molar-refractivity contribution in [2.75, 3.05) is 41.7 Å². The van der Waals surface area contributed by atoms with Crippen molar-refractivity contribution in [3.8, 4) is 0 Å². The highest BCUT2D eigenvalue weighted by atomic mass is 32.2. The molecule has 0 N–H and O–H groups in total. The summed E-state index contributed by atoms with van der Waals surface area (Å²) < 4.78 is 62.4. The van der Waals surface area contributed by atoms with E-state index in [1.165, 1.54) is 12.1 Å². The van der Waals surface area contributed by atoms with Crippen molar-refractivity contribution in [1.82, 2.24) is 0 Å². The second-order valence-corrected chi connectivity index (χ2v) is 8.70. The van der Waals surface area contributed by atoms with Gasteiger partial charge in [-0.05, 0) is 42.5 Å². The first kappa shape index (κ1) is 19.5. The van der Waals surface area contributed by atoms with Gasteiger partial charge >= 0.3 is 6.18 Å². The Kier molecular flexibility index (Phi) is 5.37. The minimum atomic E-state index is -4.35. The Hall–Kier alpha value is -2.22. The number of hydrogen-bond donors (Lipinski definition) is 0. The van der Waals surface area contributed by atoms with Crippen LogP contribution in [0.25, 0.3) is 0 Å². The molecule has 0 unspecified atom stereocenters. The Labute approximate surface area is 157 Å². The van der Waals surface area contributed by atoms with Gasteiger partial charge in [-0.2, -0.15) is 13.2 Å². The Morgan fingerprint density at radius 2 is 1.44 bits per heavy atom. The summed E-state index contributed by atoms with van der Waals surface area (Å²) in [6, 6.07) is 12.1. The van der Waals surface area contributed by atoms with E-state index in [1.807, 2.05) is 4.90 Å². The first-order chi connectivity index (χ1) is 12.7. The molecule has 0 saturated carbocycles. The van der Waals surface area contributed by atoms with Gasteiger partial charge in [0.05, 0.1) is 16.2 Å². The number of nitrogens with zero attached hydrogens (tertiary/aromatic N) is 2. The molecule has 0 radical (unpaired) electrons. The number of rotatable bonds is 4. The third kappa shape index (κ3) is 4.37. The second-order valence-electron chi connectivity index (χ2n) is 6.42. The summed E-state index contributed by atoms with van der Waals surface area (Å²) in [5.41, 5.74) is 0.831. The van der Waals surface area contributed by atoms with Gasteiger partial charge in [0, 0.05) is 37.6 Å². The minimum absolute atomic E-state index is 0.0576. The van der Waals surface area contributed by atoms with Crippen LogP contribution in [0.15, 0.2) is 53.4 Å². The summed E-state index contributed by atoms with van der Waals surface area (Å²) in [7, 11) is -3.23. The fourth-order valence-corrected chi connectivity index (χ4v) is 4.02. The maximum absolute atomic E-state index is 12.9. The molecule has 1 saturated heterocycles. The lowest BCUT2D eigenvalue weighted by Crippen LogP contribution is -2.46. The van der Waals surface area contributed by atoms with Crippen LogP contribution in [0.4, 0.5) is 24.5 Å². The SMILES string of the molecule is CCS(=O)(=O)c1ccc(N2CCN(c3cccc(C(F)(F)F)c3)CC2)cc1. The van der Waals surface area contributed by atoms with E-state index in [-0.39, 0.29) is 5.75 Å². The normalized spacial score (nSPS) is 15.9. The zero-order chi connectivity index (χ0) is 19.7. The van der Waals surface area contributed by atoms with Crippen molar-refractivity contribution in [3.05, 3.63) is 54.1 Å². The van der Waals surface area contributed by atoms with Crippen molar-refractivity contribution in [1.29, 1.82) is 0 Å². The van der Waals surface area contributed by atoms with Gasteiger partial charge in [0.15, 0.2) is 9.84 Å². The summed E-state index contributed by atoms with van der Waals surface area (Å²) in [5, 5.41) is 0. The molecular weight excluding hydrogens is 377 g/mol. The molecule has 1 aliphatic rings. The van der Waals surface area contributed by atoms with E-state index < -0.39 is 21.6 Å². The Bertz CT molecular complexity index is 888. The number of anilines is 2. The van der Waals surface area contributed by atoms with Crippen molar-refractivity contribution >= 4 is 21.2 Å². The fourth-order valence-electron chi connectivity index (χ4n) is 3.13. The van der Waals surface area contributed by atoms with Crippen LogP contribution in [0.2, 0.25) is 0 Å². The smallest absolute Gasteiger partial charge is 0.368 e. The summed E-state index contributed by atoms with van der Waals surface area (Å²) in [6.07, 6.45) is -4.35. The van der Waals surface area contributed by atoms with Crippen LogP contribution in [-0.4, -0.2) is 40.3 Å². The molecule has 1 fully saturated rings. The van der Waals surface area contributed by atoms with Crippen LogP contribution < -0.4 is 9.80 Å². The van der Waals surface area contributed by atoms with Crippen LogP contribution in [0.5, 0.6) is 0 Å². The lowest BCUT2D eigenvalue weighted by atomic mass is 10.1. The van der Waals surface area contributed by atoms with Gasteiger partial charge in [-0.3, -0.25) is 0 Å². The first-order valence-corrected chi connectivity index (χ1v) is 10.4. The highest BCUT2D eigenvalue weighted by molar-refractivity contribution is 7.91. The van der Waals surface area contributed by atoms with Crippen LogP contribution >= 0.6 is 0 Å². The number of piperazine rings is 1. The zero-order valence-corrected chi connectivity index (χ0v) is 15.7. The molecule has 1 heterocycles. The minimum Gasteiger partial charge on any atom is -0.368 e. The summed E-state index contributed by atoms with van der Waals surface area (Å²) in [5.74, 6) is 0.0576. The van der Waals surface area contributed by atoms with Gasteiger partial charge in [0.2, 0.25) is 0 Å². The highest BCUT2D eigenvalue weighted by Gasteiger charge is 2.31. The number of hydrogen-bond acceptors (Lipinski definition) is 4. The maximum Gasteiger partial charge on any atom is 0.416 e. The molecule has 0 bridgehead atoms. The molecule has 0 atom stereocenters. The second kappa shape index (κ2) is 7.42. The first-order valence-electron chi connectivity index (χ1n) is 8.71. The van der Waals surface area contributed by atoms with Gasteiger partial charge in [-0.25, -0.2) is 8.42 Å². The summed E-state index contributed by atoms with van der Waals surface area (Å²) >= 11 is 0. The molecular formula is C19H21F3N2O2S. The number of alkyl halides is 3. The third-order valence-electron chi connectivity index (χ3n) is 4.76. The van der Waals surface area contributed by atoms with E-state index >= 15 is 0 Å². The molecule has 2 aromatic carbocycles. The van der Waals surface area contributed by atoms with Crippen molar-refractivity contribution in [2.24, 2.45) is 0 Å². The van der Waals surface area contributed by atoms with Gasteiger partial charge in [0.1, 0.15) is 0 Å². The van der Waals surface area contributed by atoms with Crippen LogP contribution in [0.1, 0.15) is 12.5 Å². The topological polar surface area (TPSA) is 40.6 Å². The quantitative estimate of drug-likeness (QED) is 0.785. The van der Waals surface area contributed by atoms with Gasteiger partial charge < -0.3 is 9.80 Å². The van der Waals surface area contributed by atoms with Crippen molar-refractivity contribution in [2.45, 2.75) is 18.0 Å². The lowest BCUT2D eigenvalue weighted by molar-refractivity contribution is -0.137. The summed E-state index contributed by atoms with van der Waals surface area (Å²) in [6.45, 7) is 4.09. The number of benzene rings is 2. The third-order valence-corrected chi connectivity index (χ3v) is 6.51. The zero-order valence-electron chi connectivity index (χ0n) is 14.9. The van der Waals surface area contributed by atoms with Gasteiger partial charge in [0.25, 0.3) is 0 Å². The molecule has 0 spiro atoms. The average Bonchev–Trinajstić information content (AvgIpc) is 2.68. The van der Waals surface area contributed by atoms with E-state index in [4.69, 9.17) is 0 Å². The Balaban J connectivity index is 1.67. The molecule has 27 heavy (non-hydrogen) atoms. The van der Waals surface area contributed by atoms with Gasteiger partial charge in [-0.15, -0.1) is 0 Å². The molecule has 146 valence electrons. The van der Waals surface area contributed by atoms with Crippen LogP contribution in [-0.2, 0) is 16.0 Å². The predicted molar refractivity (Wildman–Crippen MR) is 100 cm³/mol. The predicted octanol–water partition coefficient (Wildman–Crippen LogP) is 3.83. The molecule has 2 aromatic rings. The number of sulfone groups is 1. The Morgan fingerprint density at radius 3 is 1.96 bits per heavy atom. The van der Waals surface area contributed by atoms with Gasteiger partial charge in [-0.1, -0.05) is 13.0 Å². The van der Waals surface area contributed by atoms with E-state index in [0.29, 0.717) is 36.8 Å². The molecule has 4 nitrogen and oxygen atoms in total. The largest absolute Gasteiger partial charge is 0.416 e.